The maximum atomic E-state index is 6.01. The second-order valence-electron chi connectivity index (χ2n) is 4.65. The lowest BCUT2D eigenvalue weighted by molar-refractivity contribution is 0.756. The summed E-state index contributed by atoms with van der Waals surface area (Å²) in [5.74, 6) is 0. The fraction of sp³-hybridized carbons (Fsp3) is 0.538. The molecule has 82 valence electrons. The Labute approximate surface area is 91.9 Å². The van der Waals surface area contributed by atoms with Crippen molar-refractivity contribution in [3.8, 4) is 0 Å². The summed E-state index contributed by atoms with van der Waals surface area (Å²) in [4.78, 5) is 0. The number of hydrogen-bond donors (Lipinski definition) is 2. The van der Waals surface area contributed by atoms with Crippen molar-refractivity contribution in [1.29, 1.82) is 0 Å². The highest BCUT2D eigenvalue weighted by molar-refractivity contribution is 5.68. The van der Waals surface area contributed by atoms with E-state index < -0.39 is 0 Å². The zero-order valence-electron chi connectivity index (χ0n) is 9.64. The molecule has 2 nitrogen and oxygen atoms in total. The van der Waals surface area contributed by atoms with Crippen LogP contribution in [0.4, 0.5) is 11.4 Å². The van der Waals surface area contributed by atoms with E-state index >= 15 is 0 Å². The molecule has 1 aromatic carbocycles. The van der Waals surface area contributed by atoms with Gasteiger partial charge in [0.05, 0.1) is 11.4 Å². The van der Waals surface area contributed by atoms with Gasteiger partial charge in [0.1, 0.15) is 0 Å². The Hall–Kier alpha value is -1.18. The molecule has 1 saturated carbocycles. The Morgan fingerprint density at radius 2 is 1.73 bits per heavy atom. The van der Waals surface area contributed by atoms with E-state index in [1.165, 1.54) is 36.8 Å². The molecule has 0 heterocycles. The molecular weight excluding hydrogens is 184 g/mol. The SMILES string of the molecule is Cc1cc(N)c(NC2CCCC2)cc1C. The first-order chi connectivity index (χ1) is 7.16. The Bertz CT molecular complexity index is 352. The third-order valence-corrected chi connectivity index (χ3v) is 3.38. The standard InChI is InChI=1S/C13H20N2/c1-9-7-12(14)13(8-10(9)2)15-11-5-3-4-6-11/h7-8,11,15H,3-6,14H2,1-2H3. The van der Waals surface area contributed by atoms with Crippen molar-refractivity contribution in [2.45, 2.75) is 45.6 Å². The quantitative estimate of drug-likeness (QED) is 0.726. The normalized spacial score (nSPS) is 16.9. The molecule has 0 spiro atoms. The van der Waals surface area contributed by atoms with Gasteiger partial charge >= 0.3 is 0 Å². The highest BCUT2D eigenvalue weighted by Gasteiger charge is 2.15. The van der Waals surface area contributed by atoms with Gasteiger partial charge in [-0.15, -0.1) is 0 Å². The van der Waals surface area contributed by atoms with E-state index in [0.29, 0.717) is 6.04 Å². The lowest BCUT2D eigenvalue weighted by Gasteiger charge is -2.17. The number of anilines is 2. The zero-order valence-corrected chi connectivity index (χ0v) is 9.64. The molecule has 15 heavy (non-hydrogen) atoms. The van der Waals surface area contributed by atoms with Crippen LogP contribution >= 0.6 is 0 Å². The van der Waals surface area contributed by atoms with Crippen molar-refractivity contribution in [3.05, 3.63) is 23.3 Å². The highest BCUT2D eigenvalue weighted by Crippen LogP contribution is 2.27. The lowest BCUT2D eigenvalue weighted by atomic mass is 10.1. The average Bonchev–Trinajstić information content (AvgIpc) is 2.67. The smallest absolute Gasteiger partial charge is 0.0578 e. The summed E-state index contributed by atoms with van der Waals surface area (Å²) < 4.78 is 0. The molecule has 1 aliphatic rings. The molecule has 0 atom stereocenters. The number of aryl methyl sites for hydroxylation is 2. The number of nitrogens with two attached hydrogens (primary N) is 1. The average molecular weight is 204 g/mol. The molecule has 2 rings (SSSR count). The molecule has 1 aromatic rings. The van der Waals surface area contributed by atoms with Crippen molar-refractivity contribution >= 4 is 11.4 Å². The minimum atomic E-state index is 0.634. The van der Waals surface area contributed by atoms with Crippen LogP contribution in [-0.4, -0.2) is 6.04 Å². The summed E-state index contributed by atoms with van der Waals surface area (Å²) >= 11 is 0. The molecule has 0 unspecified atom stereocenters. The molecule has 3 N–H and O–H groups in total. The zero-order chi connectivity index (χ0) is 10.8. The van der Waals surface area contributed by atoms with E-state index in [1.54, 1.807) is 0 Å². The van der Waals surface area contributed by atoms with Gasteiger partial charge in [-0.1, -0.05) is 12.8 Å². The minimum Gasteiger partial charge on any atom is -0.397 e. The number of rotatable bonds is 2. The molecule has 1 aliphatic carbocycles. The van der Waals surface area contributed by atoms with Crippen LogP contribution in [0.3, 0.4) is 0 Å². The van der Waals surface area contributed by atoms with E-state index in [0.717, 1.165) is 11.4 Å². The van der Waals surface area contributed by atoms with E-state index in [9.17, 15) is 0 Å². The van der Waals surface area contributed by atoms with Crippen molar-refractivity contribution in [1.82, 2.24) is 0 Å². The van der Waals surface area contributed by atoms with E-state index in [4.69, 9.17) is 5.73 Å². The van der Waals surface area contributed by atoms with Crippen LogP contribution in [0, 0.1) is 13.8 Å². The largest absolute Gasteiger partial charge is 0.397 e. The van der Waals surface area contributed by atoms with Crippen molar-refractivity contribution < 1.29 is 0 Å². The first-order valence-corrected chi connectivity index (χ1v) is 5.80. The minimum absolute atomic E-state index is 0.634. The Morgan fingerprint density at radius 1 is 1.13 bits per heavy atom. The molecule has 1 fully saturated rings. The molecule has 0 aliphatic heterocycles. The fourth-order valence-electron chi connectivity index (χ4n) is 2.25. The molecule has 0 amide bonds. The Morgan fingerprint density at radius 3 is 2.40 bits per heavy atom. The van der Waals surface area contributed by atoms with Gasteiger partial charge in [-0.3, -0.25) is 0 Å². The monoisotopic (exact) mass is 204 g/mol. The Kier molecular flexibility index (Phi) is 2.85. The first-order valence-electron chi connectivity index (χ1n) is 5.80. The van der Waals surface area contributed by atoms with Gasteiger partial charge in [-0.05, 0) is 49.9 Å². The van der Waals surface area contributed by atoms with Crippen LogP contribution in [0.5, 0.6) is 0 Å². The second kappa shape index (κ2) is 4.13. The third kappa shape index (κ3) is 2.25. The molecule has 0 aromatic heterocycles. The van der Waals surface area contributed by atoms with Gasteiger partial charge in [-0.2, -0.15) is 0 Å². The predicted octanol–water partition coefficient (Wildman–Crippen LogP) is 3.24. The molecule has 0 radical (unpaired) electrons. The van der Waals surface area contributed by atoms with Gasteiger partial charge in [0.25, 0.3) is 0 Å². The fourth-order valence-corrected chi connectivity index (χ4v) is 2.25. The van der Waals surface area contributed by atoms with Gasteiger partial charge in [0, 0.05) is 6.04 Å². The van der Waals surface area contributed by atoms with Crippen molar-refractivity contribution in [2.24, 2.45) is 0 Å². The molecule has 0 saturated heterocycles. The summed E-state index contributed by atoms with van der Waals surface area (Å²) in [6, 6.07) is 4.87. The summed E-state index contributed by atoms with van der Waals surface area (Å²) in [5, 5.41) is 3.55. The number of nitrogens with one attached hydrogen (secondary N) is 1. The first kappa shape index (κ1) is 10.3. The van der Waals surface area contributed by atoms with Gasteiger partial charge in [0.15, 0.2) is 0 Å². The van der Waals surface area contributed by atoms with E-state index in [1.807, 2.05) is 0 Å². The van der Waals surface area contributed by atoms with Gasteiger partial charge in [-0.25, -0.2) is 0 Å². The van der Waals surface area contributed by atoms with Gasteiger partial charge in [0.2, 0.25) is 0 Å². The summed E-state index contributed by atoms with van der Waals surface area (Å²) in [6.07, 6.45) is 5.27. The maximum Gasteiger partial charge on any atom is 0.0578 e. The molecule has 0 bridgehead atoms. The van der Waals surface area contributed by atoms with E-state index in [-0.39, 0.29) is 0 Å². The van der Waals surface area contributed by atoms with E-state index in [2.05, 4.69) is 31.3 Å². The van der Waals surface area contributed by atoms with Gasteiger partial charge < -0.3 is 11.1 Å². The summed E-state index contributed by atoms with van der Waals surface area (Å²) in [7, 11) is 0. The summed E-state index contributed by atoms with van der Waals surface area (Å²) in [6.45, 7) is 4.24. The maximum absolute atomic E-state index is 6.01. The van der Waals surface area contributed by atoms with Crippen LogP contribution in [0.2, 0.25) is 0 Å². The Balaban J connectivity index is 2.16. The number of benzene rings is 1. The topological polar surface area (TPSA) is 38.0 Å². The number of nitrogen functional groups attached to an aromatic ring is 1. The third-order valence-electron chi connectivity index (χ3n) is 3.38. The highest BCUT2D eigenvalue weighted by atomic mass is 14.9. The summed E-state index contributed by atoms with van der Waals surface area (Å²) in [5.41, 5.74) is 10.6. The van der Waals surface area contributed by atoms with Crippen molar-refractivity contribution in [3.63, 3.8) is 0 Å². The number of hydrogen-bond acceptors (Lipinski definition) is 2. The molecule has 2 heteroatoms. The molecular formula is C13H20N2. The predicted molar refractivity (Wildman–Crippen MR) is 66.2 cm³/mol. The lowest BCUT2D eigenvalue weighted by Crippen LogP contribution is -2.15. The van der Waals surface area contributed by atoms with Crippen LogP contribution in [0.1, 0.15) is 36.8 Å². The van der Waals surface area contributed by atoms with Crippen molar-refractivity contribution in [2.75, 3.05) is 11.1 Å². The van der Waals surface area contributed by atoms with Crippen LogP contribution in [0.25, 0.3) is 0 Å². The van der Waals surface area contributed by atoms with Crippen LogP contribution in [0.15, 0.2) is 12.1 Å². The van der Waals surface area contributed by atoms with Crippen LogP contribution < -0.4 is 11.1 Å². The second-order valence-corrected chi connectivity index (χ2v) is 4.65. The van der Waals surface area contributed by atoms with Crippen LogP contribution in [-0.2, 0) is 0 Å².